The molecule has 12 heteroatoms. The summed E-state index contributed by atoms with van der Waals surface area (Å²) in [4.78, 5) is 14.4. The van der Waals surface area contributed by atoms with E-state index in [1.165, 1.54) is 6.20 Å². The van der Waals surface area contributed by atoms with E-state index in [4.69, 9.17) is 27.9 Å². The van der Waals surface area contributed by atoms with Crippen molar-refractivity contribution in [1.29, 1.82) is 0 Å². The molecule has 1 aromatic heterocycles. The summed E-state index contributed by atoms with van der Waals surface area (Å²) in [5.74, 6) is -0.483. The number of hydrogen-bond acceptors (Lipinski definition) is 7. The molecule has 1 atom stereocenters. The molecule has 7 nitrogen and oxygen atoms in total. The first-order valence-electron chi connectivity index (χ1n) is 10.7. The van der Waals surface area contributed by atoms with Crippen LogP contribution < -0.4 is 14.8 Å². The molecule has 0 fully saturated rings. The molecule has 188 valence electrons. The van der Waals surface area contributed by atoms with Crippen LogP contribution in [-0.4, -0.2) is 32.3 Å². The third kappa shape index (κ3) is 7.37. The molecular formula is C23H24Cl2FN3O4S2. The number of carbonyl (C=O) groups is 1. The number of benzene rings is 2. The third-order valence-corrected chi connectivity index (χ3v) is 7.74. The van der Waals surface area contributed by atoms with E-state index < -0.39 is 20.7 Å². The van der Waals surface area contributed by atoms with Gasteiger partial charge in [0.1, 0.15) is 28.5 Å². The van der Waals surface area contributed by atoms with Crippen molar-refractivity contribution in [3.05, 3.63) is 63.3 Å². The van der Waals surface area contributed by atoms with Gasteiger partial charge in [-0.15, -0.1) is 11.3 Å². The van der Waals surface area contributed by atoms with Gasteiger partial charge in [0, 0.05) is 22.7 Å². The zero-order valence-electron chi connectivity index (χ0n) is 18.9. The molecule has 0 saturated carbocycles. The number of thiazole rings is 1. The summed E-state index contributed by atoms with van der Waals surface area (Å²) >= 11 is 13.5. The number of hydrogen-bond donors (Lipinski definition) is 2. The van der Waals surface area contributed by atoms with Gasteiger partial charge in [0.25, 0.3) is 10.0 Å². The van der Waals surface area contributed by atoms with E-state index in [1.807, 2.05) is 13.8 Å². The minimum absolute atomic E-state index is 0.0418. The molecule has 3 aromatic rings. The number of nitrogens with one attached hydrogen (secondary N) is 2. The van der Waals surface area contributed by atoms with Gasteiger partial charge >= 0.3 is 0 Å². The summed E-state index contributed by atoms with van der Waals surface area (Å²) in [6, 6.07) is 6.68. The average molecular weight is 561 g/mol. The SMILES string of the molecule is CC(C)C(C=O)NCCCc1cc(Cl)ccc1Oc1cc(F)c(S(=O)(=O)Nc2nccs2)cc1Cl. The zero-order chi connectivity index (χ0) is 25.6. The predicted molar refractivity (Wildman–Crippen MR) is 137 cm³/mol. The fraction of sp³-hybridized carbons (Fsp3) is 0.304. The molecule has 0 saturated heterocycles. The van der Waals surface area contributed by atoms with Crippen LogP contribution in [0.15, 0.2) is 46.8 Å². The second-order valence-corrected chi connectivity index (χ2v) is 11.4. The highest BCUT2D eigenvalue weighted by atomic mass is 35.5. The van der Waals surface area contributed by atoms with Crippen molar-refractivity contribution in [1.82, 2.24) is 10.3 Å². The lowest BCUT2D eigenvalue weighted by molar-refractivity contribution is -0.110. The smallest absolute Gasteiger partial charge is 0.266 e. The van der Waals surface area contributed by atoms with Crippen LogP contribution >= 0.6 is 34.5 Å². The Balaban J connectivity index is 1.76. The van der Waals surface area contributed by atoms with Gasteiger partial charge in [-0.25, -0.2) is 17.8 Å². The lowest BCUT2D eigenvalue weighted by atomic mass is 10.1. The molecule has 2 aromatic carbocycles. The van der Waals surface area contributed by atoms with Crippen LogP contribution in [0.2, 0.25) is 10.0 Å². The molecule has 35 heavy (non-hydrogen) atoms. The summed E-state index contributed by atoms with van der Waals surface area (Å²) in [6.07, 6.45) is 3.57. The minimum Gasteiger partial charge on any atom is -0.455 e. The number of anilines is 1. The number of carbonyl (C=O) groups excluding carboxylic acids is 1. The Morgan fingerprint density at radius 3 is 2.63 bits per heavy atom. The van der Waals surface area contributed by atoms with E-state index in [1.54, 1.807) is 23.6 Å². The highest BCUT2D eigenvalue weighted by Gasteiger charge is 2.23. The number of ether oxygens (including phenoxy) is 1. The van der Waals surface area contributed by atoms with Crippen molar-refractivity contribution < 1.29 is 22.3 Å². The molecule has 0 spiro atoms. The summed E-state index contributed by atoms with van der Waals surface area (Å²) in [5.41, 5.74) is 0.755. The third-order valence-electron chi connectivity index (χ3n) is 5.04. The fourth-order valence-electron chi connectivity index (χ4n) is 3.19. The van der Waals surface area contributed by atoms with Gasteiger partial charge in [-0.2, -0.15) is 0 Å². The molecule has 3 rings (SSSR count). The van der Waals surface area contributed by atoms with Crippen LogP contribution in [0.3, 0.4) is 0 Å². The molecule has 0 radical (unpaired) electrons. The molecule has 0 aliphatic rings. The van der Waals surface area contributed by atoms with Crippen LogP contribution in [0.25, 0.3) is 0 Å². The van der Waals surface area contributed by atoms with E-state index in [2.05, 4.69) is 15.0 Å². The van der Waals surface area contributed by atoms with Crippen molar-refractivity contribution in [3.63, 3.8) is 0 Å². The maximum Gasteiger partial charge on any atom is 0.266 e. The van der Waals surface area contributed by atoms with Gasteiger partial charge in [-0.3, -0.25) is 4.72 Å². The van der Waals surface area contributed by atoms with Crippen molar-refractivity contribution in [2.75, 3.05) is 11.3 Å². The number of aldehydes is 1. The number of aromatic nitrogens is 1. The number of halogens is 3. The maximum atomic E-state index is 14.8. The molecule has 1 heterocycles. The largest absolute Gasteiger partial charge is 0.455 e. The summed E-state index contributed by atoms with van der Waals surface area (Å²) < 4.78 is 48.0. The van der Waals surface area contributed by atoms with E-state index in [0.29, 0.717) is 30.2 Å². The summed E-state index contributed by atoms with van der Waals surface area (Å²) in [7, 11) is -4.24. The van der Waals surface area contributed by atoms with E-state index in [9.17, 15) is 17.6 Å². The Morgan fingerprint density at radius 2 is 1.97 bits per heavy atom. The van der Waals surface area contributed by atoms with Gasteiger partial charge in [0.15, 0.2) is 5.13 Å². The van der Waals surface area contributed by atoms with E-state index >= 15 is 0 Å². The molecule has 0 aliphatic carbocycles. The van der Waals surface area contributed by atoms with Gasteiger partial charge in [0.05, 0.1) is 11.1 Å². The fourth-order valence-corrected chi connectivity index (χ4v) is 5.52. The van der Waals surface area contributed by atoms with Crippen LogP contribution in [-0.2, 0) is 21.2 Å². The van der Waals surface area contributed by atoms with Crippen molar-refractivity contribution in [3.8, 4) is 11.5 Å². The topological polar surface area (TPSA) is 97.4 Å². The van der Waals surface area contributed by atoms with Gasteiger partial charge in [-0.05, 0) is 55.1 Å². The number of nitrogens with zero attached hydrogens (tertiary/aromatic N) is 1. The lowest BCUT2D eigenvalue weighted by Gasteiger charge is -2.17. The maximum absolute atomic E-state index is 14.8. The minimum atomic E-state index is -4.24. The number of sulfonamides is 1. The molecule has 1 unspecified atom stereocenters. The monoisotopic (exact) mass is 559 g/mol. The molecule has 0 aliphatic heterocycles. The highest BCUT2D eigenvalue weighted by molar-refractivity contribution is 7.93. The van der Waals surface area contributed by atoms with E-state index in [0.717, 1.165) is 35.3 Å². The second-order valence-electron chi connectivity index (χ2n) is 7.97. The predicted octanol–water partition coefficient (Wildman–Crippen LogP) is 5.93. The van der Waals surface area contributed by atoms with Gasteiger partial charge < -0.3 is 14.8 Å². The molecule has 0 amide bonds. The lowest BCUT2D eigenvalue weighted by Crippen LogP contribution is -2.35. The Kier molecular flexibility index (Phi) is 9.48. The van der Waals surface area contributed by atoms with E-state index in [-0.39, 0.29) is 27.9 Å². The van der Waals surface area contributed by atoms with Crippen LogP contribution in [0, 0.1) is 11.7 Å². The van der Waals surface area contributed by atoms with Crippen molar-refractivity contribution in [2.24, 2.45) is 5.92 Å². The zero-order valence-corrected chi connectivity index (χ0v) is 22.1. The van der Waals surface area contributed by atoms with Gasteiger partial charge in [0.2, 0.25) is 0 Å². The Labute approximate surface area is 217 Å². The second kappa shape index (κ2) is 12.1. The Hall–Kier alpha value is -2.24. The first-order valence-corrected chi connectivity index (χ1v) is 13.8. The number of rotatable bonds is 12. The summed E-state index contributed by atoms with van der Waals surface area (Å²) in [6.45, 7) is 4.52. The number of aryl methyl sites for hydroxylation is 1. The Morgan fingerprint density at radius 1 is 1.20 bits per heavy atom. The van der Waals surface area contributed by atoms with Crippen LogP contribution in [0.1, 0.15) is 25.8 Å². The summed E-state index contributed by atoms with van der Waals surface area (Å²) in [5, 5.41) is 5.30. The first kappa shape index (κ1) is 27.3. The molecular weight excluding hydrogens is 536 g/mol. The standard InChI is InChI=1S/C23H24Cl2FN3O4S2/c1-14(2)19(13-30)27-7-3-4-15-10-16(24)5-6-20(15)33-21-12-18(26)22(11-17(21)25)35(31,32)29-23-28-8-9-34-23/h5-6,8-14,19,27H,3-4,7H2,1-2H3,(H,28,29). The quantitative estimate of drug-likeness (QED) is 0.211. The van der Waals surface area contributed by atoms with Crippen molar-refractivity contribution in [2.45, 2.75) is 37.6 Å². The first-order chi connectivity index (χ1) is 16.6. The molecule has 2 N–H and O–H groups in total. The van der Waals surface area contributed by atoms with Gasteiger partial charge in [-0.1, -0.05) is 37.0 Å². The average Bonchev–Trinajstić information content (AvgIpc) is 3.29. The molecule has 0 bridgehead atoms. The van der Waals surface area contributed by atoms with Crippen LogP contribution in [0.4, 0.5) is 9.52 Å². The van der Waals surface area contributed by atoms with Crippen LogP contribution in [0.5, 0.6) is 11.5 Å². The Bertz CT molecular complexity index is 1270. The normalized spacial score (nSPS) is 12.5. The van der Waals surface area contributed by atoms with Crippen molar-refractivity contribution >= 4 is 56.0 Å². The highest BCUT2D eigenvalue weighted by Crippen LogP contribution is 2.36.